The second-order valence-electron chi connectivity index (χ2n) is 8.03. The van der Waals surface area contributed by atoms with Crippen molar-refractivity contribution in [3.8, 4) is 0 Å². The largest absolute Gasteiger partial charge is 0.431 e. The van der Waals surface area contributed by atoms with Gasteiger partial charge in [0.2, 0.25) is 10.0 Å². The Morgan fingerprint density at radius 1 is 0.686 bits per heavy atom. The lowest BCUT2D eigenvalue weighted by molar-refractivity contribution is -0.356. The zero-order valence-electron chi connectivity index (χ0n) is 18.0. The standard InChI is InChI=1S/C16H22F14N2O2S/c1-32(2)6-3-5-31-35(33,34)7-4-10(8-11(17,13(19,20)21)14(22,23)24)9-12(18,15(25,26)27)16(28,29)30/h10,31H,3-9H2,1-2H3. The normalized spacial score (nSPS) is 15.4. The zero-order valence-corrected chi connectivity index (χ0v) is 18.8. The van der Waals surface area contributed by atoms with Crippen molar-refractivity contribution in [1.29, 1.82) is 0 Å². The highest BCUT2D eigenvalue weighted by Gasteiger charge is 2.75. The van der Waals surface area contributed by atoms with Gasteiger partial charge in [-0.05, 0) is 39.4 Å². The molecule has 212 valence electrons. The fraction of sp³-hybridized carbons (Fsp3) is 1.00. The molecule has 4 nitrogen and oxygen atoms in total. The first-order chi connectivity index (χ1) is 15.2. The highest BCUT2D eigenvalue weighted by molar-refractivity contribution is 7.89. The Morgan fingerprint density at radius 2 is 1.03 bits per heavy atom. The van der Waals surface area contributed by atoms with Crippen molar-refractivity contribution in [1.82, 2.24) is 9.62 Å². The van der Waals surface area contributed by atoms with Crippen molar-refractivity contribution in [2.45, 2.75) is 61.7 Å². The van der Waals surface area contributed by atoms with Crippen LogP contribution in [0.2, 0.25) is 0 Å². The maximum atomic E-state index is 14.1. The maximum absolute atomic E-state index is 14.1. The monoisotopic (exact) mass is 572 g/mol. The SMILES string of the molecule is CN(C)CCCNS(=O)(=O)CCC(CC(F)(C(F)(F)F)C(F)(F)F)CC(F)(C(F)(F)F)C(F)(F)F. The molecule has 0 spiro atoms. The summed E-state index contributed by atoms with van der Waals surface area (Å²) < 4.78 is 208. The Balaban J connectivity index is 6.13. The number of halogens is 14. The molecule has 19 heteroatoms. The van der Waals surface area contributed by atoms with Gasteiger partial charge in [0.1, 0.15) is 0 Å². The van der Waals surface area contributed by atoms with Gasteiger partial charge in [-0.1, -0.05) is 0 Å². The Labute approximate surface area is 191 Å². The minimum Gasteiger partial charge on any atom is -0.309 e. The van der Waals surface area contributed by atoms with E-state index in [0.29, 0.717) is 0 Å². The number of rotatable bonds is 12. The van der Waals surface area contributed by atoms with Crippen LogP contribution in [-0.2, 0) is 10.0 Å². The summed E-state index contributed by atoms with van der Waals surface area (Å²) >= 11 is 0. The van der Waals surface area contributed by atoms with Crippen molar-refractivity contribution < 1.29 is 69.9 Å². The first kappa shape index (κ1) is 33.9. The lowest BCUT2D eigenvalue weighted by atomic mass is 9.81. The van der Waals surface area contributed by atoms with Gasteiger partial charge in [0, 0.05) is 19.4 Å². The summed E-state index contributed by atoms with van der Waals surface area (Å²) in [7, 11) is -1.51. The number of hydrogen-bond donors (Lipinski definition) is 1. The molecule has 0 saturated carbocycles. The van der Waals surface area contributed by atoms with Crippen molar-refractivity contribution >= 4 is 10.0 Å². The Bertz CT molecular complexity index is 703. The number of sulfonamides is 1. The summed E-state index contributed by atoms with van der Waals surface area (Å²) in [5.41, 5.74) is -12.7. The fourth-order valence-corrected chi connectivity index (χ4v) is 4.12. The predicted molar refractivity (Wildman–Crippen MR) is 94.2 cm³/mol. The Kier molecular flexibility index (Phi) is 10.7. The Hall–Kier alpha value is -1.11. The molecule has 0 bridgehead atoms. The van der Waals surface area contributed by atoms with Crippen LogP contribution < -0.4 is 4.72 Å². The van der Waals surface area contributed by atoms with Crippen molar-refractivity contribution in [3.63, 3.8) is 0 Å². The molecule has 35 heavy (non-hydrogen) atoms. The van der Waals surface area contributed by atoms with E-state index < -0.39 is 77.0 Å². The van der Waals surface area contributed by atoms with Crippen LogP contribution in [0.3, 0.4) is 0 Å². The Morgan fingerprint density at radius 3 is 1.31 bits per heavy atom. The second kappa shape index (κ2) is 11.1. The minimum atomic E-state index is -6.87. The summed E-state index contributed by atoms with van der Waals surface area (Å²) in [4.78, 5) is 1.58. The average molecular weight is 572 g/mol. The topological polar surface area (TPSA) is 49.4 Å². The van der Waals surface area contributed by atoms with E-state index in [0.717, 1.165) is 0 Å². The van der Waals surface area contributed by atoms with Gasteiger partial charge in [-0.25, -0.2) is 21.9 Å². The summed E-state index contributed by atoms with van der Waals surface area (Å²) in [5, 5.41) is 0. The van der Waals surface area contributed by atoms with Gasteiger partial charge in [-0.2, -0.15) is 52.7 Å². The van der Waals surface area contributed by atoms with E-state index >= 15 is 0 Å². The molecule has 0 amide bonds. The fourth-order valence-electron chi connectivity index (χ4n) is 2.87. The third kappa shape index (κ3) is 9.05. The lowest BCUT2D eigenvalue weighted by Gasteiger charge is -2.37. The number of alkyl halides is 14. The van der Waals surface area contributed by atoms with Gasteiger partial charge in [-0.3, -0.25) is 0 Å². The van der Waals surface area contributed by atoms with E-state index in [1.165, 1.54) is 0 Å². The van der Waals surface area contributed by atoms with Crippen LogP contribution >= 0.6 is 0 Å². The molecule has 0 fully saturated rings. The van der Waals surface area contributed by atoms with E-state index in [4.69, 9.17) is 0 Å². The molecule has 0 aromatic rings. The van der Waals surface area contributed by atoms with Gasteiger partial charge in [0.05, 0.1) is 5.75 Å². The average Bonchev–Trinajstić information content (AvgIpc) is 2.59. The van der Waals surface area contributed by atoms with Crippen LogP contribution in [0.4, 0.5) is 61.5 Å². The van der Waals surface area contributed by atoms with Crippen molar-refractivity contribution in [3.05, 3.63) is 0 Å². The quantitative estimate of drug-likeness (QED) is 0.255. The summed E-state index contributed by atoms with van der Waals surface area (Å²) in [6, 6.07) is 0. The first-order valence-electron chi connectivity index (χ1n) is 9.47. The molecule has 0 aliphatic rings. The third-order valence-electron chi connectivity index (χ3n) is 4.84. The summed E-state index contributed by atoms with van der Waals surface area (Å²) in [5.74, 6) is -4.91. The van der Waals surface area contributed by atoms with E-state index in [1.54, 1.807) is 23.7 Å². The van der Waals surface area contributed by atoms with E-state index in [-0.39, 0.29) is 19.5 Å². The second-order valence-corrected chi connectivity index (χ2v) is 9.95. The molecule has 0 aliphatic carbocycles. The molecule has 0 aliphatic heterocycles. The highest BCUT2D eigenvalue weighted by atomic mass is 32.2. The van der Waals surface area contributed by atoms with E-state index in [2.05, 4.69) is 0 Å². The maximum Gasteiger partial charge on any atom is 0.431 e. The van der Waals surface area contributed by atoms with E-state index in [9.17, 15) is 69.9 Å². The predicted octanol–water partition coefficient (Wildman–Crippen LogP) is 5.31. The molecule has 0 aromatic carbocycles. The third-order valence-corrected chi connectivity index (χ3v) is 6.25. The van der Waals surface area contributed by atoms with Crippen LogP contribution in [0, 0.1) is 5.92 Å². The lowest BCUT2D eigenvalue weighted by Crippen LogP contribution is -2.57. The zero-order chi connectivity index (χ0) is 28.3. The van der Waals surface area contributed by atoms with Gasteiger partial charge >= 0.3 is 24.7 Å². The molecule has 0 saturated heterocycles. The molecule has 0 rings (SSSR count). The van der Waals surface area contributed by atoms with Gasteiger partial charge in [-0.15, -0.1) is 0 Å². The van der Waals surface area contributed by atoms with Gasteiger partial charge < -0.3 is 4.90 Å². The summed E-state index contributed by atoms with van der Waals surface area (Å²) in [6.45, 7) is -0.0737. The summed E-state index contributed by atoms with van der Waals surface area (Å²) in [6.07, 6.45) is -35.4. The molecular weight excluding hydrogens is 550 g/mol. The number of nitrogens with zero attached hydrogens (tertiary/aromatic N) is 1. The highest BCUT2D eigenvalue weighted by Crippen LogP contribution is 2.54. The van der Waals surface area contributed by atoms with Crippen LogP contribution in [0.1, 0.15) is 25.7 Å². The van der Waals surface area contributed by atoms with Crippen molar-refractivity contribution in [2.24, 2.45) is 5.92 Å². The van der Waals surface area contributed by atoms with Crippen LogP contribution in [0.25, 0.3) is 0 Å². The number of nitrogens with one attached hydrogen (secondary N) is 1. The molecule has 1 N–H and O–H groups in total. The first-order valence-corrected chi connectivity index (χ1v) is 11.1. The van der Waals surface area contributed by atoms with Crippen LogP contribution in [0.15, 0.2) is 0 Å². The molecule has 0 heterocycles. The smallest absolute Gasteiger partial charge is 0.309 e. The van der Waals surface area contributed by atoms with Gasteiger partial charge in [0.15, 0.2) is 0 Å². The van der Waals surface area contributed by atoms with Crippen LogP contribution in [-0.4, -0.2) is 82.3 Å². The van der Waals surface area contributed by atoms with Gasteiger partial charge in [0.25, 0.3) is 11.3 Å². The molecule has 0 radical (unpaired) electrons. The van der Waals surface area contributed by atoms with E-state index in [1.807, 2.05) is 0 Å². The minimum absolute atomic E-state index is 0.112. The number of hydrogen-bond acceptors (Lipinski definition) is 3. The molecule has 0 atom stereocenters. The molecule has 0 aromatic heterocycles. The van der Waals surface area contributed by atoms with Crippen molar-refractivity contribution in [2.75, 3.05) is 32.9 Å². The van der Waals surface area contributed by atoms with Crippen LogP contribution in [0.5, 0.6) is 0 Å². The molecule has 0 unspecified atom stereocenters. The molecular formula is C16H22F14N2O2S.